The predicted octanol–water partition coefficient (Wildman–Crippen LogP) is 4.85. The number of rotatable bonds is 7. The molecule has 1 aliphatic rings. The third-order valence-corrected chi connectivity index (χ3v) is 5.81. The van der Waals surface area contributed by atoms with Crippen molar-refractivity contribution in [2.75, 3.05) is 20.3 Å². The van der Waals surface area contributed by atoms with Crippen molar-refractivity contribution in [2.24, 2.45) is 0 Å². The molecule has 0 bridgehead atoms. The summed E-state index contributed by atoms with van der Waals surface area (Å²) >= 11 is 6.49. The van der Waals surface area contributed by atoms with Gasteiger partial charge in [0.1, 0.15) is 29.0 Å². The van der Waals surface area contributed by atoms with Crippen molar-refractivity contribution in [1.82, 2.24) is 4.90 Å². The van der Waals surface area contributed by atoms with Gasteiger partial charge in [-0.3, -0.25) is 9.69 Å². The summed E-state index contributed by atoms with van der Waals surface area (Å²) < 4.78 is 12.3. The van der Waals surface area contributed by atoms with Crippen LogP contribution in [0, 0.1) is 6.92 Å². The third-order valence-electron chi connectivity index (χ3n) is 4.32. The lowest BCUT2D eigenvalue weighted by molar-refractivity contribution is -0.121. The molecule has 146 valence electrons. The fourth-order valence-electron chi connectivity index (χ4n) is 2.84. The zero-order valence-electron chi connectivity index (χ0n) is 16.2. The maximum absolute atomic E-state index is 12.2. The first-order valence-electron chi connectivity index (χ1n) is 9.14. The zero-order valence-corrected chi connectivity index (χ0v) is 17.9. The number of aryl methyl sites for hydroxylation is 2. The molecule has 1 heterocycles. The van der Waals surface area contributed by atoms with Gasteiger partial charge in [-0.05, 0) is 48.7 Å². The molecule has 2 aromatic rings. The fraction of sp³-hybridized carbons (Fsp3) is 0.273. The number of benzene rings is 2. The highest BCUT2D eigenvalue weighted by Crippen LogP contribution is 2.33. The van der Waals surface area contributed by atoms with Gasteiger partial charge in [-0.15, -0.1) is 0 Å². The second-order valence-electron chi connectivity index (χ2n) is 6.48. The van der Waals surface area contributed by atoms with Crippen LogP contribution in [0.4, 0.5) is 0 Å². The largest absolute Gasteiger partial charge is 0.490 e. The number of hydrogen-bond donors (Lipinski definition) is 0. The summed E-state index contributed by atoms with van der Waals surface area (Å²) in [5, 5.41) is 0. The molecule has 0 aliphatic carbocycles. The van der Waals surface area contributed by atoms with E-state index in [2.05, 4.69) is 26.0 Å². The topological polar surface area (TPSA) is 38.8 Å². The molecule has 0 atom stereocenters. The van der Waals surface area contributed by atoms with Crippen LogP contribution in [0.3, 0.4) is 0 Å². The highest BCUT2D eigenvalue weighted by Gasteiger charge is 2.28. The average Bonchev–Trinajstić information content (AvgIpc) is 2.92. The molecule has 3 rings (SSSR count). The first-order valence-corrected chi connectivity index (χ1v) is 10.4. The lowest BCUT2D eigenvalue weighted by atomic mass is 10.1. The maximum atomic E-state index is 12.2. The van der Waals surface area contributed by atoms with Crippen LogP contribution in [0.15, 0.2) is 47.4 Å². The van der Waals surface area contributed by atoms with Crippen molar-refractivity contribution in [3.8, 4) is 11.5 Å². The SMILES string of the molecule is CCc1cc(C)cc(OCCOc2ccccc2/C=C2/SC(=S)N(C)C2=O)c1. The summed E-state index contributed by atoms with van der Waals surface area (Å²) in [6, 6.07) is 13.9. The Balaban J connectivity index is 1.62. The molecule has 0 spiro atoms. The van der Waals surface area contributed by atoms with Gasteiger partial charge in [0.2, 0.25) is 0 Å². The Kier molecular flexibility index (Phi) is 6.75. The van der Waals surface area contributed by atoms with E-state index in [1.54, 1.807) is 7.05 Å². The number of thiocarbonyl (C=S) groups is 1. The number of carbonyl (C=O) groups excluding carboxylic acids is 1. The Hall–Kier alpha value is -2.31. The Morgan fingerprint density at radius 1 is 1.14 bits per heavy atom. The first-order chi connectivity index (χ1) is 13.5. The number of thioether (sulfide) groups is 1. The van der Waals surface area contributed by atoms with Gasteiger partial charge in [0, 0.05) is 12.6 Å². The lowest BCUT2D eigenvalue weighted by Crippen LogP contribution is -2.22. The van der Waals surface area contributed by atoms with Crippen LogP contribution in [-0.4, -0.2) is 35.4 Å². The summed E-state index contributed by atoms with van der Waals surface area (Å²) in [5.74, 6) is 1.49. The number of nitrogens with zero attached hydrogens (tertiary/aromatic N) is 1. The Morgan fingerprint density at radius 3 is 2.61 bits per heavy atom. The smallest absolute Gasteiger partial charge is 0.265 e. The molecule has 0 unspecified atom stereocenters. The van der Waals surface area contributed by atoms with Gasteiger partial charge in [0.05, 0.1) is 4.91 Å². The second-order valence-corrected chi connectivity index (χ2v) is 8.16. The number of likely N-dealkylation sites (N-methyl/N-ethyl adjacent to an activating group) is 1. The Bertz CT molecular complexity index is 924. The van der Waals surface area contributed by atoms with E-state index in [-0.39, 0.29) is 5.91 Å². The fourth-order valence-corrected chi connectivity index (χ4v) is 4.01. The minimum atomic E-state index is -0.0840. The third kappa shape index (κ3) is 4.94. The molecular weight excluding hydrogens is 390 g/mol. The molecule has 0 aromatic heterocycles. The number of para-hydroxylation sites is 1. The molecule has 1 aliphatic heterocycles. The summed E-state index contributed by atoms with van der Waals surface area (Å²) in [5.41, 5.74) is 3.30. The molecule has 6 heteroatoms. The predicted molar refractivity (Wildman–Crippen MR) is 119 cm³/mol. The first kappa shape index (κ1) is 20.4. The van der Waals surface area contributed by atoms with E-state index in [0.29, 0.717) is 28.2 Å². The van der Waals surface area contributed by atoms with Crippen LogP contribution in [-0.2, 0) is 11.2 Å². The van der Waals surface area contributed by atoms with E-state index in [0.717, 1.165) is 17.7 Å². The van der Waals surface area contributed by atoms with E-state index < -0.39 is 0 Å². The number of carbonyl (C=O) groups is 1. The molecule has 4 nitrogen and oxygen atoms in total. The molecule has 0 N–H and O–H groups in total. The molecule has 1 amide bonds. The Morgan fingerprint density at radius 2 is 1.89 bits per heavy atom. The van der Waals surface area contributed by atoms with Crippen LogP contribution in [0.25, 0.3) is 6.08 Å². The van der Waals surface area contributed by atoms with Gasteiger partial charge < -0.3 is 9.47 Å². The van der Waals surface area contributed by atoms with Crippen LogP contribution in [0.2, 0.25) is 0 Å². The van der Waals surface area contributed by atoms with E-state index >= 15 is 0 Å². The van der Waals surface area contributed by atoms with Gasteiger partial charge in [0.15, 0.2) is 0 Å². The van der Waals surface area contributed by atoms with Gasteiger partial charge >= 0.3 is 0 Å². The van der Waals surface area contributed by atoms with Crippen molar-refractivity contribution in [2.45, 2.75) is 20.3 Å². The molecule has 1 saturated heterocycles. The standard InChI is InChI=1S/C22H23NO3S2/c1-4-16-11-15(2)12-18(13-16)25-9-10-26-19-8-6-5-7-17(19)14-20-21(24)23(3)22(27)28-20/h5-8,11-14H,4,9-10H2,1-3H3/b20-14+. The molecule has 0 saturated carbocycles. The van der Waals surface area contributed by atoms with E-state index in [1.165, 1.54) is 27.8 Å². The average molecular weight is 414 g/mol. The lowest BCUT2D eigenvalue weighted by Gasteiger charge is -2.12. The molecule has 2 aromatic carbocycles. The van der Waals surface area contributed by atoms with Crippen molar-refractivity contribution in [3.05, 3.63) is 64.1 Å². The number of ether oxygens (including phenoxy) is 2. The summed E-state index contributed by atoms with van der Waals surface area (Å²) in [4.78, 5) is 14.3. The summed E-state index contributed by atoms with van der Waals surface area (Å²) in [6.45, 7) is 5.05. The maximum Gasteiger partial charge on any atom is 0.265 e. The van der Waals surface area contributed by atoms with E-state index in [4.69, 9.17) is 21.7 Å². The highest BCUT2D eigenvalue weighted by molar-refractivity contribution is 8.26. The van der Waals surface area contributed by atoms with E-state index in [1.807, 2.05) is 36.4 Å². The molecule has 0 radical (unpaired) electrons. The van der Waals surface area contributed by atoms with Crippen LogP contribution >= 0.6 is 24.0 Å². The number of amides is 1. The van der Waals surface area contributed by atoms with Gasteiger partial charge in [-0.25, -0.2) is 0 Å². The van der Waals surface area contributed by atoms with Gasteiger partial charge in [-0.2, -0.15) is 0 Å². The molecule has 1 fully saturated rings. The monoisotopic (exact) mass is 413 g/mol. The van der Waals surface area contributed by atoms with Crippen molar-refractivity contribution in [3.63, 3.8) is 0 Å². The minimum absolute atomic E-state index is 0.0840. The van der Waals surface area contributed by atoms with E-state index in [9.17, 15) is 4.79 Å². The second kappa shape index (κ2) is 9.26. The zero-order chi connectivity index (χ0) is 20.1. The summed E-state index contributed by atoms with van der Waals surface area (Å²) in [6.07, 6.45) is 2.80. The highest BCUT2D eigenvalue weighted by atomic mass is 32.2. The van der Waals surface area contributed by atoms with Crippen molar-refractivity contribution in [1.29, 1.82) is 0 Å². The van der Waals surface area contributed by atoms with Crippen LogP contribution in [0.1, 0.15) is 23.6 Å². The van der Waals surface area contributed by atoms with Crippen LogP contribution in [0.5, 0.6) is 11.5 Å². The van der Waals surface area contributed by atoms with Crippen molar-refractivity contribution < 1.29 is 14.3 Å². The van der Waals surface area contributed by atoms with Gasteiger partial charge in [0.25, 0.3) is 5.91 Å². The van der Waals surface area contributed by atoms with Crippen molar-refractivity contribution >= 4 is 40.3 Å². The summed E-state index contributed by atoms with van der Waals surface area (Å²) in [7, 11) is 1.69. The normalized spacial score (nSPS) is 15.4. The minimum Gasteiger partial charge on any atom is -0.490 e. The quantitative estimate of drug-likeness (QED) is 0.369. The molecule has 28 heavy (non-hydrogen) atoms. The van der Waals surface area contributed by atoms with Gasteiger partial charge in [-0.1, -0.05) is 55.2 Å². The number of hydrogen-bond acceptors (Lipinski definition) is 5. The Labute approximate surface area is 175 Å². The van der Waals surface area contributed by atoms with Crippen LogP contribution < -0.4 is 9.47 Å². The molecular formula is C22H23NO3S2.